The number of primary amides is 1. The van der Waals surface area contributed by atoms with Crippen LogP contribution in [-0.2, 0) is 4.79 Å². The highest BCUT2D eigenvalue weighted by Gasteiger charge is 1.96. The zero-order valence-corrected chi connectivity index (χ0v) is 14.9. The van der Waals surface area contributed by atoms with Gasteiger partial charge in [-0.2, -0.15) is 0 Å². The van der Waals surface area contributed by atoms with Crippen LogP contribution in [0.5, 0.6) is 0 Å². The largest absolute Gasteiger partial charge is 0.481 e. The molecule has 140 valence electrons. The van der Waals surface area contributed by atoms with Gasteiger partial charge >= 0.3 is 12.1 Å². The third-order valence-electron chi connectivity index (χ3n) is 3.49. The van der Waals surface area contributed by atoms with Crippen molar-refractivity contribution in [3.63, 3.8) is 0 Å². The molecule has 0 spiro atoms. The molecule has 0 aromatic heterocycles. The van der Waals surface area contributed by atoms with Crippen LogP contribution in [-0.4, -0.2) is 22.3 Å². The Balaban J connectivity index is -0.000000712. The monoisotopic (exact) mass is 334 g/mol. The number of carboxylic acid groups (broad SMARTS) is 2. The lowest BCUT2D eigenvalue weighted by atomic mass is 10.0. The average molecular weight is 335 g/mol. The molecule has 0 saturated carbocycles. The second-order valence-corrected chi connectivity index (χ2v) is 5.72. The van der Waals surface area contributed by atoms with E-state index in [1.54, 1.807) is 0 Å². The maximum atomic E-state index is 10.3. The maximum Gasteiger partial charge on any atom is 0.402 e. The van der Waals surface area contributed by atoms with Gasteiger partial charge in [-0.25, -0.2) is 4.79 Å². The molecule has 23 heavy (non-hydrogen) atoms. The molecule has 0 saturated heterocycles. The highest BCUT2D eigenvalue weighted by atomic mass is 16.4. The Kier molecular flexibility index (Phi) is 26.6. The van der Waals surface area contributed by atoms with Gasteiger partial charge in [-0.05, 0) is 6.42 Å². The van der Waals surface area contributed by atoms with E-state index >= 15 is 0 Å². The van der Waals surface area contributed by atoms with Crippen LogP contribution >= 0.6 is 0 Å². The molecule has 0 radical (unpaired) electrons. The first-order chi connectivity index (χ1) is 10.5. The Morgan fingerprint density at radius 1 is 0.696 bits per heavy atom. The number of hydrogen-bond donors (Lipinski definition) is 4. The van der Waals surface area contributed by atoms with Gasteiger partial charge in [0.25, 0.3) is 0 Å². The van der Waals surface area contributed by atoms with Crippen LogP contribution in [0.2, 0.25) is 0 Å². The van der Waals surface area contributed by atoms with Crippen LogP contribution in [0.4, 0.5) is 4.79 Å². The quantitative estimate of drug-likeness (QED) is 0.318. The summed E-state index contributed by atoms with van der Waals surface area (Å²) >= 11 is 0. The number of unbranched alkanes of at least 4 members (excludes halogenated alkanes) is 12. The van der Waals surface area contributed by atoms with E-state index in [4.69, 9.17) is 15.0 Å². The van der Waals surface area contributed by atoms with E-state index in [1.165, 1.54) is 70.6 Å². The minimum absolute atomic E-state index is 0. The number of hydrogen-bond acceptors (Lipinski definition) is 3. The first-order valence-corrected chi connectivity index (χ1v) is 8.70. The summed E-state index contributed by atoms with van der Waals surface area (Å²) in [5.41, 5.74) is 4.03. The predicted octanol–water partition coefficient (Wildman–Crippen LogP) is 5.34. The van der Waals surface area contributed by atoms with E-state index in [0.717, 1.165) is 12.8 Å². The zero-order chi connectivity index (χ0) is 17.1. The molecule has 0 aliphatic rings. The van der Waals surface area contributed by atoms with Gasteiger partial charge in [-0.15, -0.1) is 0 Å². The van der Waals surface area contributed by atoms with Crippen molar-refractivity contribution in [3.8, 4) is 0 Å². The van der Waals surface area contributed by atoms with Crippen molar-refractivity contribution < 1.29 is 19.8 Å². The van der Waals surface area contributed by atoms with Crippen LogP contribution < -0.4 is 11.9 Å². The zero-order valence-electron chi connectivity index (χ0n) is 14.9. The van der Waals surface area contributed by atoms with E-state index in [1.807, 2.05) is 0 Å². The molecule has 0 fully saturated rings. The molecule has 0 heterocycles. The summed E-state index contributed by atoms with van der Waals surface area (Å²) in [6, 6.07) is 0. The molecule has 0 unspecified atom stereocenters. The number of carboxylic acids is 1. The Labute approximate surface area is 141 Å². The summed E-state index contributed by atoms with van der Waals surface area (Å²) in [4.78, 5) is 19.1. The molecule has 0 aromatic rings. The Hall–Kier alpha value is -1.30. The van der Waals surface area contributed by atoms with Gasteiger partial charge in [0.1, 0.15) is 0 Å². The molecule has 0 aliphatic carbocycles. The number of carbonyl (C=O) groups is 2. The van der Waals surface area contributed by atoms with Crippen molar-refractivity contribution in [1.82, 2.24) is 6.15 Å². The highest BCUT2D eigenvalue weighted by Crippen LogP contribution is 2.12. The topological polar surface area (TPSA) is 136 Å². The van der Waals surface area contributed by atoms with Crippen molar-refractivity contribution >= 4 is 12.1 Å². The van der Waals surface area contributed by atoms with Gasteiger partial charge in [0.2, 0.25) is 0 Å². The molecule has 0 aliphatic heterocycles. The van der Waals surface area contributed by atoms with Gasteiger partial charge in [0.15, 0.2) is 0 Å². The molecule has 0 aromatic carbocycles. The van der Waals surface area contributed by atoms with Crippen molar-refractivity contribution in [3.05, 3.63) is 0 Å². The van der Waals surface area contributed by atoms with Gasteiger partial charge < -0.3 is 22.1 Å². The van der Waals surface area contributed by atoms with E-state index in [0.29, 0.717) is 6.42 Å². The lowest BCUT2D eigenvalue weighted by molar-refractivity contribution is -0.137. The van der Waals surface area contributed by atoms with Crippen LogP contribution in [0.3, 0.4) is 0 Å². The van der Waals surface area contributed by atoms with Gasteiger partial charge in [-0.1, -0.05) is 84.0 Å². The molecule has 1 amide bonds. The first-order valence-electron chi connectivity index (χ1n) is 8.70. The molecule has 7 N–H and O–H groups in total. The van der Waals surface area contributed by atoms with Crippen molar-refractivity contribution in [1.29, 1.82) is 0 Å². The van der Waals surface area contributed by atoms with Crippen molar-refractivity contribution in [2.45, 2.75) is 96.8 Å². The fourth-order valence-corrected chi connectivity index (χ4v) is 2.29. The SMILES string of the molecule is CCCCCCCCCCCCCCCC(=O)O.N.NC(=O)O. The summed E-state index contributed by atoms with van der Waals surface area (Å²) in [5.74, 6) is -0.655. The maximum absolute atomic E-state index is 10.3. The number of rotatable bonds is 14. The Morgan fingerprint density at radius 2 is 0.957 bits per heavy atom. The highest BCUT2D eigenvalue weighted by molar-refractivity contribution is 5.66. The van der Waals surface area contributed by atoms with Gasteiger partial charge in [0.05, 0.1) is 0 Å². The van der Waals surface area contributed by atoms with Gasteiger partial charge in [-0.3, -0.25) is 4.79 Å². The smallest absolute Gasteiger partial charge is 0.402 e. The normalized spacial score (nSPS) is 9.43. The number of aliphatic carboxylic acids is 1. The van der Waals surface area contributed by atoms with E-state index in [2.05, 4.69) is 12.7 Å². The molecule has 0 rings (SSSR count). The predicted molar refractivity (Wildman–Crippen MR) is 95.2 cm³/mol. The summed E-state index contributed by atoms with van der Waals surface area (Å²) < 4.78 is 0. The third kappa shape index (κ3) is 38.6. The number of nitrogens with two attached hydrogens (primary N) is 1. The van der Waals surface area contributed by atoms with Crippen LogP contribution in [0.25, 0.3) is 0 Å². The summed E-state index contributed by atoms with van der Waals surface area (Å²) in [6.45, 7) is 2.26. The van der Waals surface area contributed by atoms with Crippen molar-refractivity contribution in [2.24, 2.45) is 5.73 Å². The minimum Gasteiger partial charge on any atom is -0.481 e. The molecule has 0 bridgehead atoms. The van der Waals surface area contributed by atoms with Crippen LogP contribution in [0.15, 0.2) is 0 Å². The fourth-order valence-electron chi connectivity index (χ4n) is 2.29. The molecule has 6 heteroatoms. The minimum atomic E-state index is -1.33. The van der Waals surface area contributed by atoms with Crippen LogP contribution in [0, 0.1) is 0 Å². The lowest BCUT2D eigenvalue weighted by Gasteiger charge is -2.02. The fraction of sp³-hybridized carbons (Fsp3) is 0.882. The van der Waals surface area contributed by atoms with E-state index in [-0.39, 0.29) is 6.15 Å². The van der Waals surface area contributed by atoms with Crippen LogP contribution in [0.1, 0.15) is 96.8 Å². The average Bonchev–Trinajstić information content (AvgIpc) is 2.43. The standard InChI is InChI=1S/C16H32O2.CH3NO2.H3N/c1-2-3-4-5-6-7-8-9-10-11-12-13-14-15-16(17)18;2-1(3)4;/h2-15H2,1H3,(H,17,18);2H2,(H,3,4);1H3. The molecule has 0 atom stereocenters. The lowest BCUT2D eigenvalue weighted by Crippen LogP contribution is -2.03. The second kappa shape index (κ2) is 23.0. The molecule has 6 nitrogen and oxygen atoms in total. The Morgan fingerprint density at radius 3 is 1.22 bits per heavy atom. The molecular formula is C17H38N2O4. The summed E-state index contributed by atoms with van der Waals surface area (Å²) in [6.07, 6.45) is 15.9. The third-order valence-corrected chi connectivity index (χ3v) is 3.49. The Bertz CT molecular complexity index is 257. The summed E-state index contributed by atoms with van der Waals surface area (Å²) in [5, 5.41) is 15.7. The first kappa shape index (κ1) is 26.6. The summed E-state index contributed by atoms with van der Waals surface area (Å²) in [7, 11) is 0. The van der Waals surface area contributed by atoms with E-state index < -0.39 is 12.1 Å². The van der Waals surface area contributed by atoms with E-state index in [9.17, 15) is 4.79 Å². The van der Waals surface area contributed by atoms with Crippen molar-refractivity contribution in [2.75, 3.05) is 0 Å². The number of amides is 1. The van der Waals surface area contributed by atoms with Gasteiger partial charge in [0, 0.05) is 6.42 Å². The molecular weight excluding hydrogens is 296 g/mol. The second-order valence-electron chi connectivity index (χ2n) is 5.72.